The SMILES string of the molecule is CCNCc1cc(Br)ccc1OCCC(=O)NC(C)C. The molecule has 0 fully saturated rings. The van der Waals surface area contributed by atoms with Gasteiger partial charge in [0.1, 0.15) is 5.75 Å². The molecule has 0 aliphatic carbocycles. The topological polar surface area (TPSA) is 50.4 Å². The van der Waals surface area contributed by atoms with Crippen molar-refractivity contribution in [3.8, 4) is 5.75 Å². The molecule has 20 heavy (non-hydrogen) atoms. The number of ether oxygens (including phenoxy) is 1. The molecule has 0 saturated heterocycles. The molecule has 5 heteroatoms. The minimum absolute atomic E-state index is 0.0188. The van der Waals surface area contributed by atoms with Gasteiger partial charge in [0.25, 0.3) is 0 Å². The van der Waals surface area contributed by atoms with E-state index in [0.29, 0.717) is 13.0 Å². The average molecular weight is 343 g/mol. The van der Waals surface area contributed by atoms with Crippen molar-refractivity contribution in [3.63, 3.8) is 0 Å². The highest BCUT2D eigenvalue weighted by molar-refractivity contribution is 9.10. The summed E-state index contributed by atoms with van der Waals surface area (Å²) in [6.07, 6.45) is 0.370. The zero-order valence-electron chi connectivity index (χ0n) is 12.3. The lowest BCUT2D eigenvalue weighted by Crippen LogP contribution is -2.31. The van der Waals surface area contributed by atoms with Crippen LogP contribution in [0.4, 0.5) is 0 Å². The number of rotatable bonds is 8. The fourth-order valence-electron chi connectivity index (χ4n) is 1.73. The highest BCUT2D eigenvalue weighted by atomic mass is 79.9. The van der Waals surface area contributed by atoms with Crippen molar-refractivity contribution in [1.82, 2.24) is 10.6 Å². The smallest absolute Gasteiger partial charge is 0.223 e. The molecule has 0 spiro atoms. The van der Waals surface area contributed by atoms with Crippen LogP contribution >= 0.6 is 15.9 Å². The van der Waals surface area contributed by atoms with Crippen LogP contribution in [-0.2, 0) is 11.3 Å². The van der Waals surface area contributed by atoms with Gasteiger partial charge in [0, 0.05) is 22.6 Å². The van der Waals surface area contributed by atoms with Gasteiger partial charge < -0.3 is 15.4 Å². The van der Waals surface area contributed by atoms with Crippen molar-refractivity contribution in [2.24, 2.45) is 0 Å². The molecular weight excluding hydrogens is 320 g/mol. The highest BCUT2D eigenvalue weighted by Crippen LogP contribution is 2.23. The highest BCUT2D eigenvalue weighted by Gasteiger charge is 2.07. The van der Waals surface area contributed by atoms with Gasteiger partial charge >= 0.3 is 0 Å². The molecule has 2 N–H and O–H groups in total. The molecule has 0 unspecified atom stereocenters. The first-order valence-corrected chi connectivity index (χ1v) is 7.73. The summed E-state index contributed by atoms with van der Waals surface area (Å²) < 4.78 is 6.74. The summed E-state index contributed by atoms with van der Waals surface area (Å²) in [5, 5.41) is 6.13. The van der Waals surface area contributed by atoms with Crippen LogP contribution in [0.1, 0.15) is 32.8 Å². The number of halogens is 1. The molecule has 1 aromatic rings. The monoisotopic (exact) mass is 342 g/mol. The van der Waals surface area contributed by atoms with E-state index >= 15 is 0 Å². The molecule has 0 aromatic heterocycles. The minimum atomic E-state index is 0.0188. The maximum absolute atomic E-state index is 11.5. The van der Waals surface area contributed by atoms with Gasteiger partial charge in [0.05, 0.1) is 13.0 Å². The number of nitrogens with one attached hydrogen (secondary N) is 2. The van der Waals surface area contributed by atoms with Crippen LogP contribution in [-0.4, -0.2) is 25.1 Å². The average Bonchev–Trinajstić information content (AvgIpc) is 2.37. The molecule has 1 aromatic carbocycles. The minimum Gasteiger partial charge on any atom is -0.493 e. The van der Waals surface area contributed by atoms with Gasteiger partial charge in [0.15, 0.2) is 0 Å². The Bertz CT molecular complexity index is 436. The number of carbonyl (C=O) groups excluding carboxylic acids is 1. The predicted octanol–water partition coefficient (Wildman–Crippen LogP) is 2.85. The van der Waals surface area contributed by atoms with Gasteiger partial charge in [-0.1, -0.05) is 22.9 Å². The molecule has 112 valence electrons. The van der Waals surface area contributed by atoms with Crippen molar-refractivity contribution in [3.05, 3.63) is 28.2 Å². The Morgan fingerprint density at radius 1 is 1.40 bits per heavy atom. The first-order valence-electron chi connectivity index (χ1n) is 6.94. The summed E-state index contributed by atoms with van der Waals surface area (Å²) >= 11 is 3.46. The van der Waals surface area contributed by atoms with E-state index in [1.807, 2.05) is 32.0 Å². The van der Waals surface area contributed by atoms with Gasteiger partial charge in [-0.15, -0.1) is 0 Å². The molecule has 1 amide bonds. The summed E-state index contributed by atoms with van der Waals surface area (Å²) in [5.41, 5.74) is 1.09. The van der Waals surface area contributed by atoms with Crippen molar-refractivity contribution in [1.29, 1.82) is 0 Å². The second-order valence-corrected chi connectivity index (χ2v) is 5.77. The van der Waals surface area contributed by atoms with Crippen LogP contribution in [0.5, 0.6) is 5.75 Å². The van der Waals surface area contributed by atoms with Crippen molar-refractivity contribution < 1.29 is 9.53 Å². The molecule has 4 nitrogen and oxygen atoms in total. The molecule has 0 aliphatic heterocycles. The Labute approximate surface area is 129 Å². The van der Waals surface area contributed by atoms with Crippen LogP contribution in [0.3, 0.4) is 0 Å². The van der Waals surface area contributed by atoms with Crippen LogP contribution in [0.15, 0.2) is 22.7 Å². The lowest BCUT2D eigenvalue weighted by Gasteiger charge is -2.13. The Hall–Kier alpha value is -1.07. The number of carbonyl (C=O) groups is 1. The largest absolute Gasteiger partial charge is 0.493 e. The fourth-order valence-corrected chi connectivity index (χ4v) is 2.14. The van der Waals surface area contributed by atoms with E-state index in [-0.39, 0.29) is 11.9 Å². The molecular formula is C15H23BrN2O2. The third-order valence-corrected chi connectivity index (χ3v) is 3.12. The zero-order valence-corrected chi connectivity index (χ0v) is 13.9. The molecule has 0 atom stereocenters. The van der Waals surface area contributed by atoms with Crippen LogP contribution < -0.4 is 15.4 Å². The Kier molecular flexibility index (Phi) is 7.62. The lowest BCUT2D eigenvalue weighted by atomic mass is 10.2. The molecule has 1 rings (SSSR count). The Morgan fingerprint density at radius 3 is 2.80 bits per heavy atom. The van der Waals surface area contributed by atoms with E-state index < -0.39 is 0 Å². The van der Waals surface area contributed by atoms with Gasteiger partial charge in [-0.25, -0.2) is 0 Å². The van der Waals surface area contributed by atoms with E-state index in [1.54, 1.807) is 0 Å². The molecule has 0 radical (unpaired) electrons. The zero-order chi connectivity index (χ0) is 15.0. The second kappa shape index (κ2) is 8.97. The maximum Gasteiger partial charge on any atom is 0.223 e. The predicted molar refractivity (Wildman–Crippen MR) is 84.9 cm³/mol. The number of hydrogen-bond donors (Lipinski definition) is 2. The van der Waals surface area contributed by atoms with Gasteiger partial charge in [-0.2, -0.15) is 0 Å². The van der Waals surface area contributed by atoms with E-state index in [9.17, 15) is 4.79 Å². The van der Waals surface area contributed by atoms with Gasteiger partial charge in [-0.05, 0) is 38.6 Å². The van der Waals surface area contributed by atoms with E-state index in [1.165, 1.54) is 0 Å². The molecule has 0 bridgehead atoms. The van der Waals surface area contributed by atoms with Crippen LogP contribution in [0, 0.1) is 0 Å². The summed E-state index contributed by atoms with van der Waals surface area (Å²) in [6, 6.07) is 6.07. The standard InChI is InChI=1S/C15H23BrN2O2/c1-4-17-10-12-9-13(16)5-6-14(12)20-8-7-15(19)18-11(2)3/h5-6,9,11,17H,4,7-8,10H2,1-3H3,(H,18,19). The van der Waals surface area contributed by atoms with E-state index in [0.717, 1.165) is 28.9 Å². The quantitative estimate of drug-likeness (QED) is 0.763. The van der Waals surface area contributed by atoms with Crippen molar-refractivity contribution >= 4 is 21.8 Å². The number of amides is 1. The van der Waals surface area contributed by atoms with Gasteiger partial charge in [0.2, 0.25) is 5.91 Å². The van der Waals surface area contributed by atoms with Crippen molar-refractivity contribution in [2.45, 2.75) is 39.8 Å². The summed E-state index contributed by atoms with van der Waals surface area (Å²) in [4.78, 5) is 11.5. The van der Waals surface area contributed by atoms with Crippen molar-refractivity contribution in [2.75, 3.05) is 13.2 Å². The normalized spacial score (nSPS) is 10.7. The Morgan fingerprint density at radius 2 is 2.15 bits per heavy atom. The second-order valence-electron chi connectivity index (χ2n) is 4.85. The number of hydrogen-bond acceptors (Lipinski definition) is 3. The molecule has 0 heterocycles. The van der Waals surface area contributed by atoms with Crippen LogP contribution in [0.2, 0.25) is 0 Å². The summed E-state index contributed by atoms with van der Waals surface area (Å²) in [7, 11) is 0. The summed E-state index contributed by atoms with van der Waals surface area (Å²) in [5.74, 6) is 0.844. The van der Waals surface area contributed by atoms with E-state index in [2.05, 4.69) is 33.5 Å². The third-order valence-electron chi connectivity index (χ3n) is 2.62. The third kappa shape index (κ3) is 6.39. The van der Waals surface area contributed by atoms with E-state index in [4.69, 9.17) is 4.74 Å². The molecule has 0 saturated carbocycles. The van der Waals surface area contributed by atoms with Gasteiger partial charge in [-0.3, -0.25) is 4.79 Å². The summed E-state index contributed by atoms with van der Waals surface area (Å²) in [6.45, 7) is 8.00. The first-order chi connectivity index (χ1) is 9.52. The first kappa shape index (κ1) is 17.0. The van der Waals surface area contributed by atoms with Crippen LogP contribution in [0.25, 0.3) is 0 Å². The maximum atomic E-state index is 11.5. The Balaban J connectivity index is 2.52. The fraction of sp³-hybridized carbons (Fsp3) is 0.533. The number of benzene rings is 1. The molecule has 0 aliphatic rings. The lowest BCUT2D eigenvalue weighted by molar-refractivity contribution is -0.122.